The van der Waals surface area contributed by atoms with E-state index in [1.54, 1.807) is 14.2 Å². The van der Waals surface area contributed by atoms with Crippen LogP contribution in [-0.2, 0) is 11.2 Å². The van der Waals surface area contributed by atoms with Gasteiger partial charge in [-0.15, -0.1) is 0 Å². The molecule has 1 aromatic carbocycles. The molecule has 0 saturated carbocycles. The Morgan fingerprint density at radius 2 is 2.00 bits per heavy atom. The summed E-state index contributed by atoms with van der Waals surface area (Å²) < 4.78 is 16.4. The summed E-state index contributed by atoms with van der Waals surface area (Å²) in [6, 6.07) is 6.07. The third-order valence-electron chi connectivity index (χ3n) is 3.34. The van der Waals surface area contributed by atoms with E-state index in [-0.39, 0.29) is 12.1 Å². The number of hydrogen-bond acceptors (Lipinski definition) is 4. The van der Waals surface area contributed by atoms with Crippen LogP contribution < -0.4 is 15.2 Å². The fourth-order valence-electron chi connectivity index (χ4n) is 1.93. The SMILES string of the molecule is CCC(N)Cc1ccc(OC)cc1OC(C)CCOC. The van der Waals surface area contributed by atoms with Crippen LogP contribution in [0.15, 0.2) is 18.2 Å². The summed E-state index contributed by atoms with van der Waals surface area (Å²) in [5.74, 6) is 1.66. The van der Waals surface area contributed by atoms with Gasteiger partial charge in [0.2, 0.25) is 0 Å². The third-order valence-corrected chi connectivity index (χ3v) is 3.34. The Hall–Kier alpha value is -1.26. The van der Waals surface area contributed by atoms with Gasteiger partial charge in [-0.3, -0.25) is 0 Å². The summed E-state index contributed by atoms with van der Waals surface area (Å²) in [5.41, 5.74) is 7.18. The first-order valence-corrected chi connectivity index (χ1v) is 7.18. The highest BCUT2D eigenvalue weighted by Crippen LogP contribution is 2.27. The number of methoxy groups -OCH3 is 2. The molecule has 0 aliphatic rings. The predicted molar refractivity (Wildman–Crippen MR) is 81.5 cm³/mol. The van der Waals surface area contributed by atoms with Crippen molar-refractivity contribution in [3.63, 3.8) is 0 Å². The van der Waals surface area contributed by atoms with Crippen molar-refractivity contribution in [1.82, 2.24) is 0 Å². The van der Waals surface area contributed by atoms with Crippen LogP contribution in [0.3, 0.4) is 0 Å². The standard InChI is InChI=1S/C16H27NO3/c1-5-14(17)10-13-6-7-15(19-4)11-16(13)20-12(2)8-9-18-3/h6-7,11-12,14H,5,8-10,17H2,1-4H3. The zero-order valence-corrected chi connectivity index (χ0v) is 13.0. The highest BCUT2D eigenvalue weighted by atomic mass is 16.5. The Bertz CT molecular complexity index is 395. The van der Waals surface area contributed by atoms with Gasteiger partial charge in [0.25, 0.3) is 0 Å². The van der Waals surface area contributed by atoms with E-state index in [1.807, 2.05) is 25.1 Å². The van der Waals surface area contributed by atoms with E-state index >= 15 is 0 Å². The molecule has 0 bridgehead atoms. The van der Waals surface area contributed by atoms with Gasteiger partial charge in [0.15, 0.2) is 0 Å². The van der Waals surface area contributed by atoms with Crippen LogP contribution in [0.2, 0.25) is 0 Å². The smallest absolute Gasteiger partial charge is 0.126 e. The summed E-state index contributed by atoms with van der Waals surface area (Å²) in [6.07, 6.45) is 2.71. The summed E-state index contributed by atoms with van der Waals surface area (Å²) >= 11 is 0. The second-order valence-corrected chi connectivity index (χ2v) is 5.06. The molecule has 0 heterocycles. The minimum Gasteiger partial charge on any atom is -0.497 e. The molecule has 4 nitrogen and oxygen atoms in total. The molecule has 114 valence electrons. The molecule has 0 spiro atoms. The molecule has 4 heteroatoms. The lowest BCUT2D eigenvalue weighted by Gasteiger charge is -2.19. The Balaban J connectivity index is 2.82. The van der Waals surface area contributed by atoms with Crippen molar-refractivity contribution in [3.05, 3.63) is 23.8 Å². The highest BCUT2D eigenvalue weighted by Gasteiger charge is 2.12. The summed E-state index contributed by atoms with van der Waals surface area (Å²) in [6.45, 7) is 4.83. The molecule has 2 atom stereocenters. The second-order valence-electron chi connectivity index (χ2n) is 5.06. The zero-order chi connectivity index (χ0) is 15.0. The number of rotatable bonds is 9. The molecule has 20 heavy (non-hydrogen) atoms. The van der Waals surface area contributed by atoms with Crippen LogP contribution >= 0.6 is 0 Å². The van der Waals surface area contributed by atoms with E-state index in [4.69, 9.17) is 19.9 Å². The van der Waals surface area contributed by atoms with Gasteiger partial charge in [-0.1, -0.05) is 13.0 Å². The van der Waals surface area contributed by atoms with Crippen LogP contribution in [0, 0.1) is 0 Å². The minimum absolute atomic E-state index is 0.0960. The Kier molecular flexibility index (Phi) is 7.41. The maximum absolute atomic E-state index is 6.05. The quantitative estimate of drug-likeness (QED) is 0.756. The largest absolute Gasteiger partial charge is 0.497 e. The normalized spacial score (nSPS) is 13.8. The van der Waals surface area contributed by atoms with Gasteiger partial charge in [0.05, 0.1) is 13.2 Å². The first-order chi connectivity index (χ1) is 9.60. The number of ether oxygens (including phenoxy) is 3. The van der Waals surface area contributed by atoms with Crippen LogP contribution in [0.25, 0.3) is 0 Å². The van der Waals surface area contributed by atoms with Gasteiger partial charge in [-0.2, -0.15) is 0 Å². The van der Waals surface area contributed by atoms with Gasteiger partial charge >= 0.3 is 0 Å². The first-order valence-electron chi connectivity index (χ1n) is 7.18. The van der Waals surface area contributed by atoms with Gasteiger partial charge < -0.3 is 19.9 Å². The molecule has 0 amide bonds. The van der Waals surface area contributed by atoms with E-state index in [9.17, 15) is 0 Å². The van der Waals surface area contributed by atoms with Crippen molar-refractivity contribution < 1.29 is 14.2 Å². The molecule has 1 aromatic rings. The Morgan fingerprint density at radius 1 is 1.25 bits per heavy atom. The van der Waals surface area contributed by atoms with Gasteiger partial charge in [-0.25, -0.2) is 0 Å². The monoisotopic (exact) mass is 281 g/mol. The summed E-state index contributed by atoms with van der Waals surface area (Å²) in [4.78, 5) is 0. The van der Waals surface area contributed by atoms with Crippen molar-refractivity contribution in [2.75, 3.05) is 20.8 Å². The first kappa shape index (κ1) is 16.8. The third kappa shape index (κ3) is 5.39. The molecule has 0 aliphatic carbocycles. The van der Waals surface area contributed by atoms with Crippen molar-refractivity contribution in [2.24, 2.45) is 5.73 Å². The molecule has 2 unspecified atom stereocenters. The molecule has 2 N–H and O–H groups in total. The summed E-state index contributed by atoms with van der Waals surface area (Å²) in [5, 5.41) is 0. The van der Waals surface area contributed by atoms with Gasteiger partial charge in [0.1, 0.15) is 11.5 Å². The summed E-state index contributed by atoms with van der Waals surface area (Å²) in [7, 11) is 3.36. The second kappa shape index (κ2) is 8.82. The van der Waals surface area contributed by atoms with Crippen LogP contribution in [-0.4, -0.2) is 33.0 Å². The van der Waals surface area contributed by atoms with Crippen molar-refractivity contribution in [2.45, 2.75) is 45.3 Å². The van der Waals surface area contributed by atoms with E-state index < -0.39 is 0 Å². The van der Waals surface area contributed by atoms with E-state index in [0.717, 1.165) is 36.3 Å². The molecule has 0 radical (unpaired) electrons. The number of nitrogens with two attached hydrogens (primary N) is 1. The average molecular weight is 281 g/mol. The molecule has 0 aromatic heterocycles. The van der Waals surface area contributed by atoms with Crippen molar-refractivity contribution in [1.29, 1.82) is 0 Å². The van der Waals surface area contributed by atoms with E-state index in [1.165, 1.54) is 0 Å². The molecular weight excluding hydrogens is 254 g/mol. The van der Waals surface area contributed by atoms with Crippen LogP contribution in [0.4, 0.5) is 0 Å². The topological polar surface area (TPSA) is 53.7 Å². The number of hydrogen-bond donors (Lipinski definition) is 1. The van der Waals surface area contributed by atoms with Crippen molar-refractivity contribution in [3.8, 4) is 11.5 Å². The maximum Gasteiger partial charge on any atom is 0.126 e. The van der Waals surface area contributed by atoms with E-state index in [2.05, 4.69) is 6.92 Å². The predicted octanol–water partition coefficient (Wildman–Crippen LogP) is 2.78. The van der Waals surface area contributed by atoms with E-state index in [0.29, 0.717) is 6.61 Å². The van der Waals surface area contributed by atoms with Crippen LogP contribution in [0.1, 0.15) is 32.3 Å². The molecule has 1 rings (SSSR count). The lowest BCUT2D eigenvalue weighted by atomic mass is 10.0. The molecular formula is C16H27NO3. The van der Waals surface area contributed by atoms with Gasteiger partial charge in [0, 0.05) is 32.2 Å². The molecule has 0 saturated heterocycles. The Labute approximate surface area is 122 Å². The fourth-order valence-corrected chi connectivity index (χ4v) is 1.93. The van der Waals surface area contributed by atoms with Gasteiger partial charge in [-0.05, 0) is 31.4 Å². The lowest BCUT2D eigenvalue weighted by molar-refractivity contribution is 0.134. The zero-order valence-electron chi connectivity index (χ0n) is 13.0. The minimum atomic E-state index is 0.0960. The molecule has 0 aliphatic heterocycles. The fraction of sp³-hybridized carbons (Fsp3) is 0.625. The number of benzene rings is 1. The highest BCUT2D eigenvalue weighted by molar-refractivity contribution is 5.41. The van der Waals surface area contributed by atoms with Crippen molar-refractivity contribution >= 4 is 0 Å². The molecule has 0 fully saturated rings. The van der Waals surface area contributed by atoms with Crippen LogP contribution in [0.5, 0.6) is 11.5 Å². The lowest BCUT2D eigenvalue weighted by Crippen LogP contribution is -2.22. The maximum atomic E-state index is 6.05. The Morgan fingerprint density at radius 3 is 2.60 bits per heavy atom. The average Bonchev–Trinajstić information content (AvgIpc) is 2.46.